The molecular formula is C33H38ClF3NO9PS2. The molecule has 0 aliphatic heterocycles. The number of hydrogen-bond acceptors (Lipinski definition) is 12. The van der Waals surface area contributed by atoms with E-state index >= 15 is 0 Å². The van der Waals surface area contributed by atoms with Crippen LogP contribution < -0.4 is 4.74 Å². The van der Waals surface area contributed by atoms with Crippen molar-refractivity contribution < 1.29 is 55.5 Å². The lowest BCUT2D eigenvalue weighted by Crippen LogP contribution is -2.24. The lowest BCUT2D eigenvalue weighted by Gasteiger charge is -2.21. The van der Waals surface area contributed by atoms with Gasteiger partial charge in [-0.1, -0.05) is 73.2 Å². The number of carbonyl (C=O) groups excluding carboxylic acids is 3. The first-order valence-electron chi connectivity index (χ1n) is 15.1. The van der Waals surface area contributed by atoms with Crippen molar-refractivity contribution in [1.29, 1.82) is 5.26 Å². The van der Waals surface area contributed by atoms with Gasteiger partial charge in [0.15, 0.2) is 0 Å². The molecule has 0 bridgehead atoms. The van der Waals surface area contributed by atoms with Gasteiger partial charge in [0, 0.05) is 19.8 Å². The lowest BCUT2D eigenvalue weighted by atomic mass is 10.1. The van der Waals surface area contributed by atoms with E-state index in [1.165, 1.54) is 14.2 Å². The van der Waals surface area contributed by atoms with Gasteiger partial charge >= 0.3 is 24.1 Å². The normalized spacial score (nSPS) is 17.9. The Balaban J connectivity index is 0.000000394. The third kappa shape index (κ3) is 12.9. The largest absolute Gasteiger partial charge is 0.466 e. The highest BCUT2D eigenvalue weighted by molar-refractivity contribution is 8.68. The Morgan fingerprint density at radius 1 is 1.04 bits per heavy atom. The summed E-state index contributed by atoms with van der Waals surface area (Å²) in [4.78, 5) is 35.9. The number of rotatable bonds is 15. The van der Waals surface area contributed by atoms with Crippen molar-refractivity contribution in [3.05, 3.63) is 71.3 Å². The quantitative estimate of drug-likeness (QED) is 0.0974. The summed E-state index contributed by atoms with van der Waals surface area (Å²) < 4.78 is 69.2. The minimum Gasteiger partial charge on any atom is -0.466 e. The Hall–Kier alpha value is -3.12. The maximum Gasteiger partial charge on any atom is 0.426 e. The molecule has 10 nitrogen and oxygen atoms in total. The van der Waals surface area contributed by atoms with Crippen molar-refractivity contribution in [2.24, 2.45) is 17.3 Å². The predicted molar refractivity (Wildman–Crippen MR) is 186 cm³/mol. The van der Waals surface area contributed by atoms with Gasteiger partial charge in [0.25, 0.3) is 0 Å². The van der Waals surface area contributed by atoms with Gasteiger partial charge in [-0.15, -0.1) is 0 Å². The molecule has 0 amide bonds. The zero-order valence-corrected chi connectivity index (χ0v) is 31.4. The summed E-state index contributed by atoms with van der Waals surface area (Å²) in [7, 11) is 2.81. The van der Waals surface area contributed by atoms with Crippen LogP contribution in [-0.4, -0.2) is 56.8 Å². The van der Waals surface area contributed by atoms with Crippen molar-refractivity contribution >= 4 is 58.4 Å². The maximum atomic E-state index is 12.7. The highest BCUT2D eigenvalue weighted by atomic mass is 35.5. The number of nitrogens with zero attached hydrogens (tertiary/aromatic N) is 1. The summed E-state index contributed by atoms with van der Waals surface area (Å²) >= 11 is 11.5. The minimum atomic E-state index is -4.68. The molecule has 1 aliphatic rings. The fraction of sp³-hybridized carbons (Fsp3) is 0.455. The molecule has 2 aromatic carbocycles. The van der Waals surface area contributed by atoms with Crippen molar-refractivity contribution in [2.45, 2.75) is 51.6 Å². The minimum absolute atomic E-state index is 0.123. The zero-order valence-electron chi connectivity index (χ0n) is 28.1. The number of nitriles is 1. The van der Waals surface area contributed by atoms with Gasteiger partial charge in [-0.25, -0.2) is 0 Å². The van der Waals surface area contributed by atoms with Crippen LogP contribution >= 0.6 is 28.7 Å². The molecule has 0 aromatic heterocycles. The van der Waals surface area contributed by atoms with E-state index in [9.17, 15) is 32.8 Å². The summed E-state index contributed by atoms with van der Waals surface area (Å²) in [6, 6.07) is 17.4. The van der Waals surface area contributed by atoms with Gasteiger partial charge in [0.05, 0.1) is 25.6 Å². The number of halogens is 4. The van der Waals surface area contributed by atoms with Crippen LogP contribution in [-0.2, 0) is 49.4 Å². The van der Waals surface area contributed by atoms with Crippen LogP contribution in [0.15, 0.2) is 65.7 Å². The van der Waals surface area contributed by atoms with Crippen LogP contribution in [0.2, 0.25) is 0 Å². The maximum absolute atomic E-state index is 12.7. The van der Waals surface area contributed by atoms with E-state index in [0.29, 0.717) is 17.1 Å². The van der Waals surface area contributed by atoms with E-state index in [-0.39, 0.29) is 19.6 Å². The first-order chi connectivity index (χ1) is 23.5. The second-order valence-electron chi connectivity index (χ2n) is 10.9. The molecule has 0 heterocycles. The summed E-state index contributed by atoms with van der Waals surface area (Å²) in [5.41, 5.74) is -3.02. The SMILES string of the molecule is CC1(C)[C@H](C(=O)OC(C#N)c2cccc(Oc3ccccc3)c2)[C@@H]1/C=C(\Cl)C(F)(F)F.CCOC(=O)CC(SP(=S)(OC)OC)C(=O)OCC. The van der Waals surface area contributed by atoms with E-state index < -0.39 is 63.4 Å². The van der Waals surface area contributed by atoms with E-state index in [0.717, 1.165) is 17.5 Å². The molecule has 0 N–H and O–H groups in total. The molecule has 0 spiro atoms. The average Bonchev–Trinajstić information content (AvgIpc) is 3.62. The molecule has 2 aromatic rings. The number of allylic oxidation sites excluding steroid dienone is 2. The van der Waals surface area contributed by atoms with Gasteiger partial charge in [-0.05, 0) is 61.3 Å². The van der Waals surface area contributed by atoms with Gasteiger partial charge in [-0.2, -0.15) is 18.4 Å². The Bertz CT molecular complexity index is 1580. The second kappa shape index (κ2) is 19.5. The van der Waals surface area contributed by atoms with E-state index in [2.05, 4.69) is 0 Å². The van der Waals surface area contributed by atoms with Crippen LogP contribution in [0, 0.1) is 28.6 Å². The van der Waals surface area contributed by atoms with Crippen LogP contribution in [0.4, 0.5) is 13.2 Å². The molecule has 50 heavy (non-hydrogen) atoms. The molecule has 1 fully saturated rings. The first kappa shape index (κ1) is 43.0. The lowest BCUT2D eigenvalue weighted by molar-refractivity contribution is -0.149. The highest BCUT2D eigenvalue weighted by Crippen LogP contribution is 2.62. The summed E-state index contributed by atoms with van der Waals surface area (Å²) in [6.45, 7) is 7.15. The third-order valence-corrected chi connectivity index (χ3v) is 13.4. The number of alkyl halides is 3. The molecular weight excluding hydrogens is 742 g/mol. The van der Waals surface area contributed by atoms with Crippen molar-refractivity contribution in [1.82, 2.24) is 0 Å². The number of ether oxygens (including phenoxy) is 4. The molecule has 4 atom stereocenters. The Kier molecular flexibility index (Phi) is 16.8. The van der Waals surface area contributed by atoms with Crippen LogP contribution in [0.3, 0.4) is 0 Å². The fourth-order valence-corrected chi connectivity index (χ4v) is 8.50. The van der Waals surface area contributed by atoms with Gasteiger partial charge in [0.2, 0.25) is 11.8 Å². The summed E-state index contributed by atoms with van der Waals surface area (Å²) in [5.74, 6) is -2.28. The average molecular weight is 780 g/mol. The second-order valence-corrected chi connectivity index (χ2v) is 18.0. The molecule has 0 radical (unpaired) electrons. The Labute approximate surface area is 303 Å². The molecule has 0 saturated heterocycles. The van der Waals surface area contributed by atoms with Crippen LogP contribution in [0.1, 0.15) is 45.8 Å². The topological polar surface area (TPSA) is 130 Å². The van der Waals surface area contributed by atoms with E-state index in [1.54, 1.807) is 64.1 Å². The molecule has 2 unspecified atom stereocenters. The predicted octanol–water partition coefficient (Wildman–Crippen LogP) is 8.67. The highest BCUT2D eigenvalue weighted by Gasteiger charge is 2.62. The zero-order chi connectivity index (χ0) is 37.7. The van der Waals surface area contributed by atoms with Crippen LogP contribution in [0.5, 0.6) is 11.5 Å². The smallest absolute Gasteiger partial charge is 0.426 e. The number of esters is 3. The van der Waals surface area contributed by atoms with Gasteiger partial charge in [0.1, 0.15) is 27.9 Å². The van der Waals surface area contributed by atoms with Gasteiger partial charge < -0.3 is 28.0 Å². The number of para-hydroxylation sites is 1. The summed E-state index contributed by atoms with van der Waals surface area (Å²) in [6.07, 6.45) is -5.19. The molecule has 3 rings (SSSR count). The van der Waals surface area contributed by atoms with Gasteiger partial charge in [-0.3, -0.25) is 14.4 Å². The first-order valence-corrected chi connectivity index (χ1v) is 19.6. The molecule has 274 valence electrons. The number of carbonyl (C=O) groups is 3. The monoisotopic (exact) mass is 779 g/mol. The molecule has 1 aliphatic carbocycles. The Morgan fingerprint density at radius 3 is 2.18 bits per heavy atom. The van der Waals surface area contributed by atoms with Crippen molar-refractivity contribution in [3.8, 4) is 17.6 Å². The van der Waals surface area contributed by atoms with E-state index in [1.807, 2.05) is 24.3 Å². The van der Waals surface area contributed by atoms with Crippen LogP contribution in [0.25, 0.3) is 0 Å². The molecule has 17 heteroatoms. The van der Waals surface area contributed by atoms with Crippen molar-refractivity contribution in [2.75, 3.05) is 27.4 Å². The number of benzene rings is 2. The number of hydrogen-bond donors (Lipinski definition) is 0. The summed E-state index contributed by atoms with van der Waals surface area (Å²) in [5, 5.41) is 7.45. The third-order valence-electron chi connectivity index (χ3n) is 7.16. The Morgan fingerprint density at radius 2 is 1.64 bits per heavy atom. The standard InChI is InChI=1S/C23H19ClF3NO3.C10H19O6PS2/c1-22(2)17(12-19(24)23(25,26)27)20(22)21(29)31-18(13-28)14-7-6-10-16(11-14)30-15-8-4-3-5-9-15;1-5-15-9(11)7-8(10(12)16-6-2)19-17(18,13-3)14-4/h3-12,17-18,20H,1-2H3;8H,5-7H2,1-4H3/b19-12-;/t17-,18?,20-;/m0./s1. The molecule has 1 saturated carbocycles. The van der Waals surface area contributed by atoms with E-state index in [4.69, 9.17) is 51.4 Å². The van der Waals surface area contributed by atoms with Crippen molar-refractivity contribution in [3.63, 3.8) is 0 Å². The fourth-order valence-electron chi connectivity index (χ4n) is 4.50.